The molecule has 138 valence electrons. The molecule has 27 heavy (non-hydrogen) atoms. The third-order valence-electron chi connectivity index (χ3n) is 3.78. The summed E-state index contributed by atoms with van der Waals surface area (Å²) in [6, 6.07) is 15.0. The van der Waals surface area contributed by atoms with Gasteiger partial charge in [0.2, 0.25) is 10.0 Å². The van der Waals surface area contributed by atoms with Crippen molar-refractivity contribution in [2.75, 3.05) is 18.1 Å². The molecule has 9 heteroatoms. The van der Waals surface area contributed by atoms with E-state index in [0.717, 1.165) is 0 Å². The Balaban J connectivity index is 1.90. The Morgan fingerprint density at radius 3 is 2.33 bits per heavy atom. The second-order valence-corrected chi connectivity index (χ2v) is 7.43. The van der Waals surface area contributed by atoms with Crippen molar-refractivity contribution in [2.24, 2.45) is 0 Å². The van der Waals surface area contributed by atoms with Crippen molar-refractivity contribution >= 4 is 27.4 Å². The van der Waals surface area contributed by atoms with Gasteiger partial charge in [-0.2, -0.15) is 0 Å². The molecule has 4 N–H and O–H groups in total. The Bertz CT molecular complexity index is 1070. The van der Waals surface area contributed by atoms with Crippen LogP contribution in [0.3, 0.4) is 0 Å². The molecule has 0 radical (unpaired) electrons. The Morgan fingerprint density at radius 2 is 1.70 bits per heavy atom. The minimum atomic E-state index is -3.53. The highest BCUT2D eigenvalue weighted by Crippen LogP contribution is 2.21. The largest absolute Gasteiger partial charge is 0.382 e. The first-order chi connectivity index (χ1) is 12.9. The van der Waals surface area contributed by atoms with Crippen LogP contribution in [-0.4, -0.2) is 31.3 Å². The second-order valence-electron chi connectivity index (χ2n) is 5.54. The number of para-hydroxylation sites is 1. The van der Waals surface area contributed by atoms with Crippen LogP contribution in [0.1, 0.15) is 10.5 Å². The molecule has 8 nitrogen and oxygen atoms in total. The first-order valence-electron chi connectivity index (χ1n) is 7.93. The van der Waals surface area contributed by atoms with Crippen LogP contribution in [0.25, 0.3) is 11.3 Å². The molecular formula is C18H17N5O3S. The Kier molecular flexibility index (Phi) is 5.15. The fourth-order valence-electron chi connectivity index (χ4n) is 2.34. The van der Waals surface area contributed by atoms with E-state index >= 15 is 0 Å². The molecule has 0 aliphatic heterocycles. The molecule has 0 atom stereocenters. The maximum Gasteiger partial charge on any atom is 0.278 e. The van der Waals surface area contributed by atoms with Gasteiger partial charge >= 0.3 is 0 Å². The number of carbonyl (C=O) groups is 1. The normalized spacial score (nSPS) is 11.1. The predicted octanol–water partition coefficient (Wildman–Crippen LogP) is 1.89. The highest BCUT2D eigenvalue weighted by molar-refractivity contribution is 7.89. The van der Waals surface area contributed by atoms with Crippen LogP contribution in [0.4, 0.5) is 11.5 Å². The lowest BCUT2D eigenvalue weighted by Gasteiger charge is -2.09. The van der Waals surface area contributed by atoms with E-state index < -0.39 is 15.9 Å². The molecule has 3 rings (SSSR count). The van der Waals surface area contributed by atoms with Crippen LogP contribution in [0.15, 0.2) is 65.7 Å². The summed E-state index contributed by atoms with van der Waals surface area (Å²) in [5.41, 5.74) is 7.40. The third-order valence-corrected chi connectivity index (χ3v) is 5.21. The highest BCUT2D eigenvalue weighted by Gasteiger charge is 2.16. The molecule has 3 aromatic rings. The van der Waals surface area contributed by atoms with Gasteiger partial charge in [-0.15, -0.1) is 0 Å². The standard InChI is InChI=1S/C18H17N5O3S/c1-20-27(25,26)14-9-7-12(8-10-14)15-11-21-17(19)16(23-15)18(24)22-13-5-3-2-4-6-13/h2-11,20H,1H3,(H2,19,21)(H,22,24). The number of nitrogen functional groups attached to an aromatic ring is 1. The second kappa shape index (κ2) is 7.52. The first kappa shape index (κ1) is 18.5. The Morgan fingerprint density at radius 1 is 1.04 bits per heavy atom. The minimum Gasteiger partial charge on any atom is -0.382 e. The number of rotatable bonds is 5. The monoisotopic (exact) mass is 383 g/mol. The van der Waals surface area contributed by atoms with Crippen LogP contribution in [-0.2, 0) is 10.0 Å². The maximum absolute atomic E-state index is 12.5. The SMILES string of the molecule is CNS(=O)(=O)c1ccc(-c2cnc(N)c(C(=O)Nc3ccccc3)n2)cc1. The molecule has 2 aromatic carbocycles. The zero-order chi connectivity index (χ0) is 19.4. The summed E-state index contributed by atoms with van der Waals surface area (Å²) in [5, 5.41) is 2.71. The molecular weight excluding hydrogens is 366 g/mol. The van der Waals surface area contributed by atoms with Crippen LogP contribution in [0.2, 0.25) is 0 Å². The van der Waals surface area contributed by atoms with Gasteiger partial charge < -0.3 is 11.1 Å². The average Bonchev–Trinajstić information content (AvgIpc) is 2.69. The van der Waals surface area contributed by atoms with Gasteiger partial charge in [0.15, 0.2) is 11.5 Å². The van der Waals surface area contributed by atoms with E-state index in [-0.39, 0.29) is 16.4 Å². The zero-order valence-electron chi connectivity index (χ0n) is 14.4. The molecule has 0 unspecified atom stereocenters. The van der Waals surface area contributed by atoms with E-state index in [1.807, 2.05) is 6.07 Å². The van der Waals surface area contributed by atoms with E-state index in [1.54, 1.807) is 36.4 Å². The van der Waals surface area contributed by atoms with Gasteiger partial charge in [-0.05, 0) is 31.3 Å². The summed E-state index contributed by atoms with van der Waals surface area (Å²) in [6.07, 6.45) is 1.43. The number of hydrogen-bond acceptors (Lipinski definition) is 6. The van der Waals surface area contributed by atoms with E-state index in [1.165, 1.54) is 25.4 Å². The summed E-state index contributed by atoms with van der Waals surface area (Å²) in [7, 11) is -2.19. The number of aromatic nitrogens is 2. The number of amides is 1. The van der Waals surface area contributed by atoms with Gasteiger partial charge in [0.25, 0.3) is 5.91 Å². The van der Waals surface area contributed by atoms with Crippen molar-refractivity contribution in [2.45, 2.75) is 4.90 Å². The van der Waals surface area contributed by atoms with Crippen molar-refractivity contribution in [3.8, 4) is 11.3 Å². The highest BCUT2D eigenvalue weighted by atomic mass is 32.2. The van der Waals surface area contributed by atoms with Gasteiger partial charge in [0.1, 0.15) is 0 Å². The van der Waals surface area contributed by atoms with Crippen LogP contribution >= 0.6 is 0 Å². The molecule has 0 aliphatic rings. The fourth-order valence-corrected chi connectivity index (χ4v) is 3.07. The lowest BCUT2D eigenvalue weighted by molar-refractivity contribution is 0.102. The number of nitrogens with one attached hydrogen (secondary N) is 2. The zero-order valence-corrected chi connectivity index (χ0v) is 15.2. The summed E-state index contributed by atoms with van der Waals surface area (Å²) < 4.78 is 25.9. The molecule has 1 heterocycles. The van der Waals surface area contributed by atoms with E-state index in [0.29, 0.717) is 16.9 Å². The number of nitrogens with two attached hydrogens (primary N) is 1. The summed E-state index contributed by atoms with van der Waals surface area (Å²) in [6.45, 7) is 0. The number of sulfonamides is 1. The molecule has 1 amide bonds. The smallest absolute Gasteiger partial charge is 0.278 e. The maximum atomic E-state index is 12.5. The van der Waals surface area contributed by atoms with Gasteiger partial charge in [-0.1, -0.05) is 30.3 Å². The lowest BCUT2D eigenvalue weighted by Crippen LogP contribution is -2.18. The third kappa shape index (κ3) is 4.10. The Hall–Kier alpha value is -3.30. The van der Waals surface area contributed by atoms with Gasteiger partial charge in [0.05, 0.1) is 16.8 Å². The molecule has 0 aliphatic carbocycles. The van der Waals surface area contributed by atoms with Crippen molar-refractivity contribution in [3.63, 3.8) is 0 Å². The fraction of sp³-hybridized carbons (Fsp3) is 0.0556. The summed E-state index contributed by atoms with van der Waals surface area (Å²) >= 11 is 0. The molecule has 0 saturated heterocycles. The topological polar surface area (TPSA) is 127 Å². The summed E-state index contributed by atoms with van der Waals surface area (Å²) in [4.78, 5) is 20.9. The van der Waals surface area contributed by atoms with Crippen molar-refractivity contribution < 1.29 is 13.2 Å². The number of hydrogen-bond donors (Lipinski definition) is 3. The van der Waals surface area contributed by atoms with E-state index in [4.69, 9.17) is 5.73 Å². The van der Waals surface area contributed by atoms with Gasteiger partial charge in [0, 0.05) is 11.3 Å². The van der Waals surface area contributed by atoms with E-state index in [2.05, 4.69) is 20.0 Å². The van der Waals surface area contributed by atoms with Crippen LogP contribution < -0.4 is 15.8 Å². The number of carbonyl (C=O) groups excluding carboxylic acids is 1. The van der Waals surface area contributed by atoms with Crippen molar-refractivity contribution in [3.05, 3.63) is 66.5 Å². The number of anilines is 2. The molecule has 1 aromatic heterocycles. The minimum absolute atomic E-state index is 0.00145. The van der Waals surface area contributed by atoms with Gasteiger partial charge in [-0.3, -0.25) is 4.79 Å². The van der Waals surface area contributed by atoms with Crippen LogP contribution in [0.5, 0.6) is 0 Å². The average molecular weight is 383 g/mol. The summed E-state index contributed by atoms with van der Waals surface area (Å²) in [5.74, 6) is -0.482. The molecule has 0 fully saturated rings. The predicted molar refractivity (Wildman–Crippen MR) is 103 cm³/mol. The van der Waals surface area contributed by atoms with Crippen molar-refractivity contribution in [1.29, 1.82) is 0 Å². The molecule has 0 spiro atoms. The first-order valence-corrected chi connectivity index (χ1v) is 9.42. The molecule has 0 bridgehead atoms. The lowest BCUT2D eigenvalue weighted by atomic mass is 10.1. The van der Waals surface area contributed by atoms with Gasteiger partial charge in [-0.25, -0.2) is 23.1 Å². The molecule has 0 saturated carbocycles. The van der Waals surface area contributed by atoms with Crippen LogP contribution in [0, 0.1) is 0 Å². The Labute approximate surface area is 156 Å². The van der Waals surface area contributed by atoms with Crippen molar-refractivity contribution in [1.82, 2.24) is 14.7 Å². The number of benzene rings is 2. The van der Waals surface area contributed by atoms with E-state index in [9.17, 15) is 13.2 Å². The quantitative estimate of drug-likeness (QED) is 0.617. The number of nitrogens with zero attached hydrogens (tertiary/aromatic N) is 2.